The predicted molar refractivity (Wildman–Crippen MR) is 95.6 cm³/mol. The second-order valence-corrected chi connectivity index (χ2v) is 6.66. The summed E-state index contributed by atoms with van der Waals surface area (Å²) in [7, 11) is 0. The van der Waals surface area contributed by atoms with Crippen LogP contribution in [0.5, 0.6) is 0 Å². The molecule has 2 aromatic rings. The molecule has 0 saturated carbocycles. The lowest BCUT2D eigenvalue weighted by Gasteiger charge is -2.27. The number of carbonyl (C=O) groups excluding carboxylic acids is 2. The number of hydrogen-bond donors (Lipinski definition) is 1. The fourth-order valence-electron chi connectivity index (χ4n) is 3.18. The van der Waals surface area contributed by atoms with Crippen LogP contribution in [-0.2, 0) is 16.1 Å². The summed E-state index contributed by atoms with van der Waals surface area (Å²) in [4.78, 5) is 26.8. The van der Waals surface area contributed by atoms with Crippen molar-refractivity contribution in [2.45, 2.75) is 26.4 Å². The van der Waals surface area contributed by atoms with E-state index in [9.17, 15) is 19.1 Å². The van der Waals surface area contributed by atoms with Gasteiger partial charge in [0.25, 0.3) is 5.91 Å². The summed E-state index contributed by atoms with van der Waals surface area (Å²) in [6, 6.07) is 14.2. The van der Waals surface area contributed by atoms with Gasteiger partial charge >= 0.3 is 0 Å². The molecule has 3 rings (SSSR count). The maximum absolute atomic E-state index is 13.8. The van der Waals surface area contributed by atoms with Gasteiger partial charge in [0, 0.05) is 12.5 Å². The highest BCUT2D eigenvalue weighted by Crippen LogP contribution is 2.39. The molecule has 1 aliphatic heterocycles. The summed E-state index contributed by atoms with van der Waals surface area (Å²) in [5, 5.41) is 10.4. The lowest BCUT2D eigenvalue weighted by atomic mass is 9.91. The third kappa shape index (κ3) is 3.25. The van der Waals surface area contributed by atoms with Crippen molar-refractivity contribution in [1.29, 1.82) is 0 Å². The quantitative estimate of drug-likeness (QED) is 0.886. The molecular weight excluding hydrogens is 333 g/mol. The molecule has 0 fully saturated rings. The summed E-state index contributed by atoms with van der Waals surface area (Å²) < 4.78 is 13.8. The summed E-state index contributed by atoms with van der Waals surface area (Å²) in [5.41, 5.74) is 1.35. The Kier molecular flexibility index (Phi) is 4.89. The molecule has 0 spiro atoms. The number of halogens is 1. The van der Waals surface area contributed by atoms with Gasteiger partial charge in [0.2, 0.25) is 0 Å². The number of aliphatic hydroxyl groups is 1. The predicted octanol–water partition coefficient (Wildman–Crippen LogP) is 3.95. The van der Waals surface area contributed by atoms with Gasteiger partial charge in [0.15, 0.2) is 11.5 Å². The van der Waals surface area contributed by atoms with Crippen LogP contribution in [0.25, 0.3) is 0 Å². The van der Waals surface area contributed by atoms with Gasteiger partial charge in [0.1, 0.15) is 5.82 Å². The largest absolute Gasteiger partial charge is 0.503 e. The molecule has 134 valence electrons. The highest BCUT2D eigenvalue weighted by Gasteiger charge is 2.43. The van der Waals surface area contributed by atoms with Crippen LogP contribution in [0.3, 0.4) is 0 Å². The van der Waals surface area contributed by atoms with E-state index in [0.29, 0.717) is 5.56 Å². The SMILES string of the molecule is CC(C)C(=O)C1=C(O)C(=O)N(Cc2ccccc2)C1c1cccc(F)c1. The summed E-state index contributed by atoms with van der Waals surface area (Å²) in [6.07, 6.45) is 0. The van der Waals surface area contributed by atoms with Gasteiger partial charge in [0.05, 0.1) is 11.6 Å². The van der Waals surface area contributed by atoms with Crippen molar-refractivity contribution < 1.29 is 19.1 Å². The molecule has 1 N–H and O–H groups in total. The van der Waals surface area contributed by atoms with Crippen molar-refractivity contribution in [2.75, 3.05) is 0 Å². The molecule has 26 heavy (non-hydrogen) atoms. The molecule has 5 heteroatoms. The molecule has 0 bridgehead atoms. The Hall–Kier alpha value is -2.95. The maximum Gasteiger partial charge on any atom is 0.290 e. The summed E-state index contributed by atoms with van der Waals surface area (Å²) in [5.74, 6) is -2.34. The van der Waals surface area contributed by atoms with Crippen molar-refractivity contribution in [3.05, 3.63) is 82.9 Å². The topological polar surface area (TPSA) is 57.6 Å². The normalized spacial score (nSPS) is 17.3. The van der Waals surface area contributed by atoms with Crippen molar-refractivity contribution in [3.63, 3.8) is 0 Å². The van der Waals surface area contributed by atoms with E-state index in [1.54, 1.807) is 19.9 Å². The van der Waals surface area contributed by atoms with Crippen LogP contribution in [0.15, 0.2) is 65.9 Å². The van der Waals surface area contributed by atoms with Crippen LogP contribution >= 0.6 is 0 Å². The zero-order valence-electron chi connectivity index (χ0n) is 14.6. The second-order valence-electron chi connectivity index (χ2n) is 6.66. The minimum absolute atomic E-state index is 0.0338. The number of nitrogens with zero attached hydrogens (tertiary/aromatic N) is 1. The van der Waals surface area contributed by atoms with Crippen molar-refractivity contribution in [1.82, 2.24) is 4.90 Å². The molecule has 4 nitrogen and oxygen atoms in total. The Labute approximate surface area is 151 Å². The van der Waals surface area contributed by atoms with E-state index >= 15 is 0 Å². The average molecular weight is 353 g/mol. The number of amides is 1. The lowest BCUT2D eigenvalue weighted by Crippen LogP contribution is -2.31. The first kappa shape index (κ1) is 17.9. The van der Waals surface area contributed by atoms with E-state index in [2.05, 4.69) is 0 Å². The van der Waals surface area contributed by atoms with Gasteiger partial charge in [-0.3, -0.25) is 9.59 Å². The van der Waals surface area contributed by atoms with E-state index in [-0.39, 0.29) is 17.9 Å². The molecule has 0 saturated heterocycles. The number of aliphatic hydroxyl groups excluding tert-OH is 1. The third-order valence-electron chi connectivity index (χ3n) is 4.45. The molecular formula is C21H20FNO3. The van der Waals surface area contributed by atoms with Crippen molar-refractivity contribution >= 4 is 11.7 Å². The minimum atomic E-state index is -0.812. The minimum Gasteiger partial charge on any atom is -0.503 e. The molecule has 0 aromatic heterocycles. The van der Waals surface area contributed by atoms with Gasteiger partial charge in [-0.2, -0.15) is 0 Å². The van der Waals surface area contributed by atoms with Gasteiger partial charge < -0.3 is 10.0 Å². The number of benzene rings is 2. The molecule has 1 unspecified atom stereocenters. The Balaban J connectivity index is 2.09. The summed E-state index contributed by atoms with van der Waals surface area (Å²) in [6.45, 7) is 3.62. The van der Waals surface area contributed by atoms with Crippen LogP contribution in [0.4, 0.5) is 4.39 Å². The van der Waals surface area contributed by atoms with E-state index in [0.717, 1.165) is 5.56 Å². The maximum atomic E-state index is 13.8. The number of ketones is 1. The Morgan fingerprint density at radius 2 is 1.85 bits per heavy atom. The van der Waals surface area contributed by atoms with Gasteiger partial charge in [-0.05, 0) is 23.3 Å². The second kappa shape index (κ2) is 7.12. The highest BCUT2D eigenvalue weighted by molar-refractivity contribution is 6.09. The van der Waals surface area contributed by atoms with Crippen LogP contribution in [0, 0.1) is 11.7 Å². The molecule has 1 heterocycles. The number of Topliss-reactive ketones (excluding diaryl/α,β-unsaturated/α-hetero) is 1. The third-order valence-corrected chi connectivity index (χ3v) is 4.45. The first-order valence-electron chi connectivity index (χ1n) is 8.48. The van der Waals surface area contributed by atoms with E-state index in [1.807, 2.05) is 30.3 Å². The van der Waals surface area contributed by atoms with Crippen molar-refractivity contribution in [3.8, 4) is 0 Å². The van der Waals surface area contributed by atoms with Crippen LogP contribution in [0.2, 0.25) is 0 Å². The number of carbonyl (C=O) groups is 2. The molecule has 0 aliphatic carbocycles. The highest BCUT2D eigenvalue weighted by atomic mass is 19.1. The Morgan fingerprint density at radius 3 is 2.46 bits per heavy atom. The number of rotatable bonds is 5. The van der Waals surface area contributed by atoms with Gasteiger partial charge in [-0.15, -0.1) is 0 Å². The first-order chi connectivity index (χ1) is 12.4. The fraction of sp³-hybridized carbons (Fsp3) is 0.238. The summed E-state index contributed by atoms with van der Waals surface area (Å²) >= 11 is 0. The number of hydrogen-bond acceptors (Lipinski definition) is 3. The average Bonchev–Trinajstić information content (AvgIpc) is 2.87. The molecule has 1 atom stereocenters. The fourth-order valence-corrected chi connectivity index (χ4v) is 3.18. The lowest BCUT2D eigenvalue weighted by molar-refractivity contribution is -0.130. The molecule has 0 radical (unpaired) electrons. The van der Waals surface area contributed by atoms with Crippen LogP contribution < -0.4 is 0 Å². The van der Waals surface area contributed by atoms with E-state index in [1.165, 1.54) is 23.1 Å². The van der Waals surface area contributed by atoms with E-state index in [4.69, 9.17) is 0 Å². The van der Waals surface area contributed by atoms with Gasteiger partial charge in [-0.25, -0.2) is 4.39 Å². The standard InChI is InChI=1S/C21H20FNO3/c1-13(2)19(24)17-18(15-9-6-10-16(22)11-15)23(21(26)20(17)25)12-14-7-4-3-5-8-14/h3-11,13,18,25H,12H2,1-2H3. The Bertz CT molecular complexity index is 874. The Morgan fingerprint density at radius 1 is 1.15 bits per heavy atom. The van der Waals surface area contributed by atoms with Crippen LogP contribution in [0.1, 0.15) is 31.0 Å². The van der Waals surface area contributed by atoms with Crippen LogP contribution in [-0.4, -0.2) is 21.7 Å². The van der Waals surface area contributed by atoms with Gasteiger partial charge in [-0.1, -0.05) is 56.3 Å². The molecule has 2 aromatic carbocycles. The zero-order valence-corrected chi connectivity index (χ0v) is 14.6. The monoisotopic (exact) mass is 353 g/mol. The smallest absolute Gasteiger partial charge is 0.290 e. The molecule has 1 aliphatic rings. The molecule has 1 amide bonds. The van der Waals surface area contributed by atoms with E-state index < -0.39 is 29.4 Å². The van der Waals surface area contributed by atoms with Crippen molar-refractivity contribution in [2.24, 2.45) is 5.92 Å². The first-order valence-corrected chi connectivity index (χ1v) is 8.48. The zero-order chi connectivity index (χ0) is 18.8.